The van der Waals surface area contributed by atoms with Crippen molar-refractivity contribution >= 4 is 34.7 Å². The highest BCUT2D eigenvalue weighted by atomic mass is 35.5. The second-order valence-corrected chi connectivity index (χ2v) is 8.97. The molecule has 1 N–H and O–H groups in total. The molecule has 0 saturated carbocycles. The van der Waals surface area contributed by atoms with Crippen LogP contribution < -0.4 is 5.32 Å². The van der Waals surface area contributed by atoms with Gasteiger partial charge in [0.1, 0.15) is 11.6 Å². The molecule has 0 unspecified atom stereocenters. The van der Waals surface area contributed by atoms with Crippen molar-refractivity contribution in [1.82, 2.24) is 14.5 Å². The number of aryl methyl sites for hydroxylation is 1. The van der Waals surface area contributed by atoms with Crippen molar-refractivity contribution in [1.29, 1.82) is 0 Å². The molecule has 1 aromatic heterocycles. The van der Waals surface area contributed by atoms with E-state index in [4.69, 9.17) is 28.8 Å². The van der Waals surface area contributed by atoms with Gasteiger partial charge in [0.25, 0.3) is 0 Å². The second kappa shape index (κ2) is 10.8. The van der Waals surface area contributed by atoms with Crippen LogP contribution in [0, 0.1) is 19.7 Å². The zero-order valence-electron chi connectivity index (χ0n) is 19.1. The topological polar surface area (TPSA) is 33.1 Å². The van der Waals surface area contributed by atoms with Crippen LogP contribution in [0.2, 0.25) is 5.02 Å². The van der Waals surface area contributed by atoms with Crippen LogP contribution in [0.5, 0.6) is 0 Å². The van der Waals surface area contributed by atoms with E-state index in [1.54, 1.807) is 6.07 Å². The predicted molar refractivity (Wildman–Crippen MR) is 141 cm³/mol. The molecule has 3 aromatic carbocycles. The largest absolute Gasteiger partial charge is 0.340 e. The maximum absolute atomic E-state index is 13.4. The van der Waals surface area contributed by atoms with Gasteiger partial charge in [-0.2, -0.15) is 0 Å². The first kappa shape index (κ1) is 23.9. The smallest absolute Gasteiger partial charge is 0.175 e. The summed E-state index contributed by atoms with van der Waals surface area (Å²) in [5.41, 5.74) is 4.11. The Morgan fingerprint density at radius 1 is 0.971 bits per heavy atom. The number of thiocarbonyl (C=S) groups is 1. The Morgan fingerprint density at radius 3 is 2.12 bits per heavy atom. The molecule has 0 atom stereocenters. The Kier molecular flexibility index (Phi) is 7.60. The predicted octanol–water partition coefficient (Wildman–Crippen LogP) is 6.74. The molecule has 4 nitrogen and oxygen atoms in total. The number of imidazole rings is 1. The first-order chi connectivity index (χ1) is 16.4. The maximum atomic E-state index is 13.4. The number of nitrogens with one attached hydrogen (secondary N) is 1. The number of aromatic nitrogens is 2. The first-order valence-corrected chi connectivity index (χ1v) is 11.8. The minimum atomic E-state index is -0.350. The van der Waals surface area contributed by atoms with Crippen LogP contribution in [0.25, 0.3) is 0 Å². The summed E-state index contributed by atoms with van der Waals surface area (Å²) in [6.07, 6.45) is 0. The average Bonchev–Trinajstić information content (AvgIpc) is 3.09. The number of benzene rings is 3. The van der Waals surface area contributed by atoms with Crippen LogP contribution in [-0.4, -0.2) is 19.6 Å². The molecule has 34 heavy (non-hydrogen) atoms. The van der Waals surface area contributed by atoms with Gasteiger partial charge in [0.2, 0.25) is 0 Å². The van der Waals surface area contributed by atoms with Crippen molar-refractivity contribution < 1.29 is 4.39 Å². The van der Waals surface area contributed by atoms with Crippen molar-refractivity contribution in [3.05, 3.63) is 118 Å². The molecule has 0 aliphatic heterocycles. The molecule has 0 bridgehead atoms. The van der Waals surface area contributed by atoms with Gasteiger partial charge in [-0.25, -0.2) is 9.37 Å². The Balaban J connectivity index is 1.55. The van der Waals surface area contributed by atoms with Crippen LogP contribution in [0.3, 0.4) is 0 Å². The zero-order chi connectivity index (χ0) is 24.1. The highest BCUT2D eigenvalue weighted by molar-refractivity contribution is 7.80. The van der Waals surface area contributed by atoms with Gasteiger partial charge in [-0.1, -0.05) is 78.3 Å². The molecule has 4 rings (SSSR count). The van der Waals surface area contributed by atoms with E-state index in [1.807, 2.05) is 54.8 Å². The third-order valence-corrected chi connectivity index (χ3v) is 6.41. The number of hydrogen-bond donors (Lipinski definition) is 1. The molecule has 0 aliphatic rings. The number of anilines is 1. The number of hydrogen-bond acceptors (Lipinski definition) is 2. The summed E-state index contributed by atoms with van der Waals surface area (Å²) in [4.78, 5) is 6.84. The van der Waals surface area contributed by atoms with Crippen molar-refractivity contribution in [2.24, 2.45) is 0 Å². The van der Waals surface area contributed by atoms with Crippen molar-refractivity contribution in [2.45, 2.75) is 33.5 Å². The van der Waals surface area contributed by atoms with E-state index in [0.717, 1.165) is 17.1 Å². The second-order valence-electron chi connectivity index (χ2n) is 8.17. The summed E-state index contributed by atoms with van der Waals surface area (Å²) in [5.74, 6) is 1.17. The van der Waals surface area contributed by atoms with Crippen LogP contribution >= 0.6 is 23.8 Å². The van der Waals surface area contributed by atoms with Gasteiger partial charge >= 0.3 is 0 Å². The van der Waals surface area contributed by atoms with E-state index < -0.39 is 0 Å². The molecule has 0 fully saturated rings. The molecule has 0 radical (unpaired) electrons. The summed E-state index contributed by atoms with van der Waals surface area (Å²) >= 11 is 12.1. The zero-order valence-corrected chi connectivity index (χ0v) is 20.7. The lowest BCUT2D eigenvalue weighted by Crippen LogP contribution is -2.34. The molecular weight excluding hydrogens is 467 g/mol. The summed E-state index contributed by atoms with van der Waals surface area (Å²) in [6.45, 7) is 5.76. The van der Waals surface area contributed by atoms with Gasteiger partial charge in [0.15, 0.2) is 10.9 Å². The third-order valence-electron chi connectivity index (χ3n) is 5.70. The molecule has 0 amide bonds. The number of nitrogens with zero attached hydrogens (tertiary/aromatic N) is 3. The molecule has 4 aromatic rings. The lowest BCUT2D eigenvalue weighted by Gasteiger charge is -2.26. The molecule has 7 heteroatoms. The Morgan fingerprint density at radius 2 is 1.56 bits per heavy atom. The summed E-state index contributed by atoms with van der Waals surface area (Å²) < 4.78 is 15.5. The van der Waals surface area contributed by atoms with Crippen LogP contribution in [0.15, 0.2) is 78.9 Å². The van der Waals surface area contributed by atoms with E-state index in [9.17, 15) is 4.39 Å². The lowest BCUT2D eigenvalue weighted by molar-refractivity contribution is 0.412. The highest BCUT2D eigenvalue weighted by Gasteiger charge is 2.17. The fraction of sp³-hybridized carbons (Fsp3) is 0.185. The molecule has 0 saturated heterocycles. The van der Waals surface area contributed by atoms with Gasteiger partial charge in [0, 0.05) is 18.1 Å². The quantitative estimate of drug-likeness (QED) is 0.289. The van der Waals surface area contributed by atoms with Gasteiger partial charge < -0.3 is 14.8 Å². The summed E-state index contributed by atoms with van der Waals surface area (Å²) in [5, 5.41) is 4.35. The van der Waals surface area contributed by atoms with E-state index in [2.05, 4.69) is 34.5 Å². The van der Waals surface area contributed by atoms with Gasteiger partial charge in [-0.05, 0) is 54.9 Å². The summed E-state index contributed by atoms with van der Waals surface area (Å²) in [6, 6.07) is 25.0. The standard InChI is InChI=1S/C27H26ClFN4S/c1-19-26(30-20(2)33(19)18-23-13-14-24(29)15-25(23)28)31-27(34)32(16-21-9-5-3-6-10-21)17-22-11-7-4-8-12-22/h3-15H,16-18H2,1-2H3,(H,31,34). The normalized spacial score (nSPS) is 10.8. The van der Waals surface area contributed by atoms with Gasteiger partial charge in [-0.15, -0.1) is 0 Å². The van der Waals surface area contributed by atoms with E-state index in [1.165, 1.54) is 23.3 Å². The van der Waals surface area contributed by atoms with Crippen molar-refractivity contribution in [3.63, 3.8) is 0 Å². The van der Waals surface area contributed by atoms with E-state index in [0.29, 0.717) is 35.6 Å². The lowest BCUT2D eigenvalue weighted by atomic mass is 10.2. The van der Waals surface area contributed by atoms with Crippen molar-refractivity contribution in [3.8, 4) is 0 Å². The fourth-order valence-corrected chi connectivity index (χ4v) is 4.29. The minimum absolute atomic E-state index is 0.350. The first-order valence-electron chi connectivity index (χ1n) is 11.0. The van der Waals surface area contributed by atoms with Crippen LogP contribution in [0.1, 0.15) is 28.2 Å². The van der Waals surface area contributed by atoms with E-state index in [-0.39, 0.29) is 5.82 Å². The van der Waals surface area contributed by atoms with Gasteiger partial charge in [0.05, 0.1) is 12.2 Å². The summed E-state index contributed by atoms with van der Waals surface area (Å²) in [7, 11) is 0. The molecule has 0 aliphatic carbocycles. The average molecular weight is 493 g/mol. The Hall–Kier alpha value is -3.22. The molecule has 1 heterocycles. The Bertz CT molecular complexity index is 1230. The monoisotopic (exact) mass is 492 g/mol. The van der Waals surface area contributed by atoms with Gasteiger partial charge in [-0.3, -0.25) is 0 Å². The highest BCUT2D eigenvalue weighted by Crippen LogP contribution is 2.23. The fourth-order valence-electron chi connectivity index (χ4n) is 3.83. The molecule has 174 valence electrons. The van der Waals surface area contributed by atoms with Crippen molar-refractivity contribution in [2.75, 3.05) is 5.32 Å². The number of rotatable bonds is 7. The Labute approximate surface area is 210 Å². The van der Waals surface area contributed by atoms with E-state index >= 15 is 0 Å². The SMILES string of the molecule is Cc1nc(NC(=S)N(Cc2ccccc2)Cc2ccccc2)c(C)n1Cc1ccc(F)cc1Cl. The third kappa shape index (κ3) is 5.82. The van der Waals surface area contributed by atoms with Crippen LogP contribution in [0.4, 0.5) is 10.2 Å². The molecule has 0 spiro atoms. The number of halogens is 2. The minimum Gasteiger partial charge on any atom is -0.340 e. The maximum Gasteiger partial charge on any atom is 0.175 e. The molecular formula is C27H26ClFN4S. The van der Waals surface area contributed by atoms with Crippen LogP contribution in [-0.2, 0) is 19.6 Å².